The molecule has 1 atom stereocenters. The Kier molecular flexibility index (Phi) is 5.67. The van der Waals surface area contributed by atoms with Gasteiger partial charge in [0.1, 0.15) is 5.75 Å². The molecule has 1 aliphatic rings. The second-order valence-electron chi connectivity index (χ2n) is 5.21. The first kappa shape index (κ1) is 14.4. The van der Waals surface area contributed by atoms with Gasteiger partial charge in [0.2, 0.25) is 0 Å². The van der Waals surface area contributed by atoms with Gasteiger partial charge in [-0.1, -0.05) is 31.5 Å². The van der Waals surface area contributed by atoms with Gasteiger partial charge >= 0.3 is 0 Å². The molecule has 3 heteroatoms. The summed E-state index contributed by atoms with van der Waals surface area (Å²) in [6.07, 6.45) is 4.06. The van der Waals surface area contributed by atoms with Crippen LogP contribution in [0.1, 0.15) is 37.8 Å². The normalized spacial score (nSPS) is 18.2. The zero-order valence-electron chi connectivity index (χ0n) is 12.2. The molecule has 0 spiro atoms. The van der Waals surface area contributed by atoms with Crippen molar-refractivity contribution in [2.75, 3.05) is 33.3 Å². The maximum atomic E-state index is 5.50. The third kappa shape index (κ3) is 3.95. The van der Waals surface area contributed by atoms with E-state index in [2.05, 4.69) is 35.3 Å². The molecule has 3 nitrogen and oxygen atoms in total. The minimum absolute atomic E-state index is 0.360. The van der Waals surface area contributed by atoms with E-state index in [1.165, 1.54) is 37.9 Å². The monoisotopic (exact) mass is 262 g/mol. The number of benzene rings is 1. The maximum absolute atomic E-state index is 5.50. The summed E-state index contributed by atoms with van der Waals surface area (Å²) in [5, 5.41) is 3.60. The van der Waals surface area contributed by atoms with Crippen LogP contribution in [0, 0.1) is 0 Å². The molecule has 0 amide bonds. The predicted molar refractivity (Wildman–Crippen MR) is 79.7 cm³/mol. The van der Waals surface area contributed by atoms with Gasteiger partial charge in [-0.25, -0.2) is 0 Å². The van der Waals surface area contributed by atoms with Gasteiger partial charge in [-0.2, -0.15) is 0 Å². The van der Waals surface area contributed by atoms with Crippen LogP contribution in [-0.2, 0) is 0 Å². The highest BCUT2D eigenvalue weighted by Gasteiger charge is 2.19. The Bertz CT molecular complexity index is 375. The van der Waals surface area contributed by atoms with Gasteiger partial charge in [0, 0.05) is 18.2 Å². The largest absolute Gasteiger partial charge is 0.496 e. The zero-order chi connectivity index (χ0) is 13.5. The Balaban J connectivity index is 2.09. The molecular formula is C16H26N2O. The van der Waals surface area contributed by atoms with Crippen molar-refractivity contribution < 1.29 is 4.74 Å². The maximum Gasteiger partial charge on any atom is 0.123 e. The summed E-state index contributed by atoms with van der Waals surface area (Å²) in [6, 6.07) is 8.72. The average Bonchev–Trinajstić information content (AvgIpc) is 2.48. The van der Waals surface area contributed by atoms with Crippen molar-refractivity contribution in [3.05, 3.63) is 29.8 Å². The second-order valence-corrected chi connectivity index (χ2v) is 5.21. The SMILES string of the molecule is CCNC(CN1CCCCC1)c1ccccc1OC. The van der Waals surface area contributed by atoms with Crippen molar-refractivity contribution in [1.82, 2.24) is 10.2 Å². The van der Waals surface area contributed by atoms with Gasteiger partial charge in [-0.3, -0.25) is 0 Å². The van der Waals surface area contributed by atoms with E-state index in [-0.39, 0.29) is 0 Å². The summed E-state index contributed by atoms with van der Waals surface area (Å²) in [5.74, 6) is 0.991. The molecule has 0 aromatic heterocycles. The van der Waals surface area contributed by atoms with Gasteiger partial charge in [0.25, 0.3) is 0 Å². The fourth-order valence-corrected chi connectivity index (χ4v) is 2.87. The minimum Gasteiger partial charge on any atom is -0.496 e. The van der Waals surface area contributed by atoms with Crippen molar-refractivity contribution in [1.29, 1.82) is 0 Å². The molecule has 1 aromatic carbocycles. The first-order chi connectivity index (χ1) is 9.35. The topological polar surface area (TPSA) is 24.5 Å². The van der Waals surface area contributed by atoms with Gasteiger partial charge < -0.3 is 15.0 Å². The van der Waals surface area contributed by atoms with Crippen LogP contribution in [0.25, 0.3) is 0 Å². The lowest BCUT2D eigenvalue weighted by Gasteiger charge is -2.31. The van der Waals surface area contributed by atoms with Crippen LogP contribution in [0.5, 0.6) is 5.75 Å². The van der Waals surface area contributed by atoms with Crippen molar-refractivity contribution in [3.8, 4) is 5.75 Å². The highest BCUT2D eigenvalue weighted by molar-refractivity contribution is 5.36. The van der Waals surface area contributed by atoms with Crippen LogP contribution >= 0.6 is 0 Å². The summed E-state index contributed by atoms with van der Waals surface area (Å²) in [5.41, 5.74) is 1.28. The van der Waals surface area contributed by atoms with Crippen molar-refractivity contribution in [2.45, 2.75) is 32.2 Å². The number of nitrogens with zero attached hydrogens (tertiary/aromatic N) is 1. The van der Waals surface area contributed by atoms with E-state index >= 15 is 0 Å². The van der Waals surface area contributed by atoms with E-state index < -0.39 is 0 Å². The third-order valence-corrected chi connectivity index (χ3v) is 3.85. The number of likely N-dealkylation sites (tertiary alicyclic amines) is 1. The van der Waals surface area contributed by atoms with Crippen molar-refractivity contribution >= 4 is 0 Å². The Labute approximate surface area is 116 Å². The van der Waals surface area contributed by atoms with Crippen LogP contribution < -0.4 is 10.1 Å². The van der Waals surface area contributed by atoms with Crippen LogP contribution in [0.3, 0.4) is 0 Å². The van der Waals surface area contributed by atoms with Crippen LogP contribution in [0.4, 0.5) is 0 Å². The lowest BCUT2D eigenvalue weighted by molar-refractivity contribution is 0.204. The van der Waals surface area contributed by atoms with E-state index in [9.17, 15) is 0 Å². The zero-order valence-corrected chi connectivity index (χ0v) is 12.2. The molecule has 1 unspecified atom stereocenters. The van der Waals surface area contributed by atoms with Gasteiger partial charge in [-0.15, -0.1) is 0 Å². The van der Waals surface area contributed by atoms with E-state index in [0.29, 0.717) is 6.04 Å². The van der Waals surface area contributed by atoms with Crippen LogP contribution in [-0.4, -0.2) is 38.2 Å². The fourth-order valence-electron chi connectivity index (χ4n) is 2.87. The Morgan fingerprint density at radius 2 is 1.95 bits per heavy atom. The molecule has 2 rings (SSSR count). The quantitative estimate of drug-likeness (QED) is 0.853. The molecule has 1 aromatic rings. The lowest BCUT2D eigenvalue weighted by Crippen LogP contribution is -2.38. The van der Waals surface area contributed by atoms with Gasteiger partial charge in [0.15, 0.2) is 0 Å². The highest BCUT2D eigenvalue weighted by atomic mass is 16.5. The van der Waals surface area contributed by atoms with E-state index in [1.54, 1.807) is 7.11 Å². The number of hydrogen-bond donors (Lipinski definition) is 1. The third-order valence-electron chi connectivity index (χ3n) is 3.85. The number of nitrogens with one attached hydrogen (secondary N) is 1. The Morgan fingerprint density at radius 1 is 1.21 bits per heavy atom. The second kappa shape index (κ2) is 7.51. The summed E-state index contributed by atoms with van der Waals surface area (Å²) < 4.78 is 5.50. The molecule has 0 radical (unpaired) electrons. The molecule has 19 heavy (non-hydrogen) atoms. The predicted octanol–water partition coefficient (Wildman–Crippen LogP) is 2.83. The number of ether oxygens (including phenoxy) is 1. The smallest absolute Gasteiger partial charge is 0.123 e. The molecule has 1 N–H and O–H groups in total. The summed E-state index contributed by atoms with van der Waals surface area (Å²) in [7, 11) is 1.75. The molecule has 0 bridgehead atoms. The van der Waals surface area contributed by atoms with Crippen LogP contribution in [0.15, 0.2) is 24.3 Å². The van der Waals surface area contributed by atoms with Gasteiger partial charge in [0.05, 0.1) is 7.11 Å². The lowest BCUT2D eigenvalue weighted by atomic mass is 10.0. The first-order valence-corrected chi connectivity index (χ1v) is 7.43. The summed E-state index contributed by atoms with van der Waals surface area (Å²) in [4.78, 5) is 2.57. The number of rotatable bonds is 6. The first-order valence-electron chi connectivity index (χ1n) is 7.43. The van der Waals surface area contributed by atoms with Crippen molar-refractivity contribution in [2.24, 2.45) is 0 Å². The average molecular weight is 262 g/mol. The molecule has 106 valence electrons. The minimum atomic E-state index is 0.360. The molecule has 1 aliphatic heterocycles. The molecule has 1 fully saturated rings. The summed E-state index contributed by atoms with van der Waals surface area (Å²) in [6.45, 7) is 6.69. The fraction of sp³-hybridized carbons (Fsp3) is 0.625. The highest BCUT2D eigenvalue weighted by Crippen LogP contribution is 2.26. The number of hydrogen-bond acceptors (Lipinski definition) is 3. The Morgan fingerprint density at radius 3 is 2.63 bits per heavy atom. The summed E-state index contributed by atoms with van der Waals surface area (Å²) >= 11 is 0. The number of methoxy groups -OCH3 is 1. The number of piperidine rings is 1. The number of para-hydroxylation sites is 1. The Hall–Kier alpha value is -1.06. The molecular weight excluding hydrogens is 236 g/mol. The van der Waals surface area contributed by atoms with Crippen molar-refractivity contribution in [3.63, 3.8) is 0 Å². The molecule has 1 heterocycles. The molecule has 0 saturated carbocycles. The molecule has 1 saturated heterocycles. The van der Waals surface area contributed by atoms with Crippen LogP contribution in [0.2, 0.25) is 0 Å². The van der Waals surface area contributed by atoms with E-state index in [0.717, 1.165) is 18.8 Å². The van der Waals surface area contributed by atoms with E-state index in [4.69, 9.17) is 4.74 Å². The standard InChI is InChI=1S/C16H26N2O/c1-3-17-15(13-18-11-7-4-8-12-18)14-9-5-6-10-16(14)19-2/h5-6,9-10,15,17H,3-4,7-8,11-13H2,1-2H3. The number of likely N-dealkylation sites (N-methyl/N-ethyl adjacent to an activating group) is 1. The van der Waals surface area contributed by atoms with E-state index in [1.807, 2.05) is 6.07 Å². The van der Waals surface area contributed by atoms with Gasteiger partial charge in [-0.05, 0) is 38.5 Å². The molecule has 0 aliphatic carbocycles.